The van der Waals surface area contributed by atoms with Crippen LogP contribution in [0.2, 0.25) is 0 Å². The molecule has 0 radical (unpaired) electrons. The number of carbonyl (C=O) groups is 2. The topological polar surface area (TPSA) is 105 Å². The van der Waals surface area contributed by atoms with Crippen LogP contribution in [0.1, 0.15) is 32.7 Å². The van der Waals surface area contributed by atoms with Gasteiger partial charge in [0.2, 0.25) is 5.91 Å². The number of nitrogens with two attached hydrogens (primary N) is 2. The Morgan fingerprint density at radius 1 is 1.20 bits per heavy atom. The molecule has 0 bridgehead atoms. The van der Waals surface area contributed by atoms with Crippen molar-refractivity contribution in [2.24, 2.45) is 17.4 Å². The van der Waals surface area contributed by atoms with Crippen LogP contribution in [0.3, 0.4) is 0 Å². The van der Waals surface area contributed by atoms with E-state index in [1.54, 1.807) is 6.07 Å². The van der Waals surface area contributed by atoms with Crippen molar-refractivity contribution in [3.05, 3.63) is 28.8 Å². The number of ether oxygens (including phenoxy) is 2. The van der Waals surface area contributed by atoms with Gasteiger partial charge in [-0.2, -0.15) is 0 Å². The van der Waals surface area contributed by atoms with Crippen LogP contribution in [0, 0.1) is 5.92 Å². The van der Waals surface area contributed by atoms with Crippen LogP contribution in [-0.2, 0) is 11.2 Å². The van der Waals surface area contributed by atoms with Gasteiger partial charge in [0.05, 0.1) is 12.2 Å². The molecule has 1 aromatic rings. The van der Waals surface area contributed by atoms with Crippen LogP contribution in [0.25, 0.3) is 0 Å². The van der Waals surface area contributed by atoms with E-state index in [9.17, 15) is 9.59 Å². The number of fused-ring (bicyclic) bond motifs is 1. The van der Waals surface area contributed by atoms with Gasteiger partial charge in [-0.25, -0.2) is 0 Å². The first kappa shape index (κ1) is 12.9. The van der Waals surface area contributed by atoms with E-state index >= 15 is 0 Å². The Balaban J connectivity index is 1.96. The largest absolute Gasteiger partial charge is 0.489 e. The van der Waals surface area contributed by atoms with Gasteiger partial charge in [0.15, 0.2) is 0 Å². The molecule has 0 saturated carbocycles. The zero-order valence-electron chi connectivity index (χ0n) is 10.9. The maximum Gasteiger partial charge on any atom is 0.252 e. The van der Waals surface area contributed by atoms with Gasteiger partial charge < -0.3 is 20.9 Å². The molecule has 0 aliphatic carbocycles. The van der Waals surface area contributed by atoms with E-state index < -0.39 is 11.8 Å². The van der Waals surface area contributed by atoms with Crippen LogP contribution >= 0.6 is 0 Å². The number of benzene rings is 1. The summed E-state index contributed by atoms with van der Waals surface area (Å²) in [5.41, 5.74) is 12.0. The minimum absolute atomic E-state index is 0.0336. The lowest BCUT2D eigenvalue weighted by Crippen LogP contribution is -2.25. The lowest BCUT2D eigenvalue weighted by Gasteiger charge is -2.16. The summed E-state index contributed by atoms with van der Waals surface area (Å²) < 4.78 is 11.2. The standard InChI is InChI=1S/C14H16N2O4/c15-13(17)9-3-8-5-11(7-1-2-19-6-7)20-12(8)10(4-9)14(16)18/h3-4,7,11H,1-2,5-6H2,(H2,15,17)(H2,16,18). The minimum Gasteiger partial charge on any atom is -0.489 e. The van der Waals surface area contributed by atoms with Gasteiger partial charge >= 0.3 is 0 Å². The van der Waals surface area contributed by atoms with Gasteiger partial charge in [-0.1, -0.05) is 0 Å². The van der Waals surface area contributed by atoms with Gasteiger partial charge in [0.25, 0.3) is 5.91 Å². The summed E-state index contributed by atoms with van der Waals surface area (Å²) in [6, 6.07) is 3.08. The summed E-state index contributed by atoms with van der Waals surface area (Å²) in [6.07, 6.45) is 1.55. The average molecular weight is 276 g/mol. The third-order valence-electron chi connectivity index (χ3n) is 3.90. The second-order valence-corrected chi connectivity index (χ2v) is 5.22. The van der Waals surface area contributed by atoms with E-state index in [4.69, 9.17) is 20.9 Å². The van der Waals surface area contributed by atoms with E-state index in [0.29, 0.717) is 24.7 Å². The van der Waals surface area contributed by atoms with Crippen LogP contribution in [0.5, 0.6) is 5.75 Å². The molecule has 1 aromatic carbocycles. The quantitative estimate of drug-likeness (QED) is 0.824. The minimum atomic E-state index is -0.618. The Morgan fingerprint density at radius 2 is 2.00 bits per heavy atom. The van der Waals surface area contributed by atoms with E-state index in [2.05, 4.69) is 0 Å². The molecule has 2 aliphatic rings. The van der Waals surface area contributed by atoms with E-state index in [1.807, 2.05) is 0 Å². The van der Waals surface area contributed by atoms with Crippen molar-refractivity contribution in [1.82, 2.24) is 0 Å². The number of amides is 2. The molecule has 6 heteroatoms. The predicted molar refractivity (Wildman–Crippen MR) is 70.5 cm³/mol. The molecule has 2 unspecified atom stereocenters. The van der Waals surface area contributed by atoms with E-state index in [0.717, 1.165) is 18.6 Å². The molecule has 106 valence electrons. The van der Waals surface area contributed by atoms with Gasteiger partial charge in [0, 0.05) is 24.5 Å². The van der Waals surface area contributed by atoms with Crippen molar-refractivity contribution in [1.29, 1.82) is 0 Å². The summed E-state index contributed by atoms with van der Waals surface area (Å²) in [6.45, 7) is 1.39. The zero-order valence-corrected chi connectivity index (χ0v) is 10.9. The van der Waals surface area contributed by atoms with Gasteiger partial charge in [-0.05, 0) is 24.1 Å². The molecule has 1 fully saturated rings. The Labute approximate surface area is 116 Å². The van der Waals surface area contributed by atoms with Crippen molar-refractivity contribution >= 4 is 11.8 Å². The summed E-state index contributed by atoms with van der Waals surface area (Å²) >= 11 is 0. The number of primary amides is 2. The van der Waals surface area contributed by atoms with Gasteiger partial charge in [-0.15, -0.1) is 0 Å². The van der Waals surface area contributed by atoms with E-state index in [-0.39, 0.29) is 17.2 Å². The normalized spacial score (nSPS) is 24.2. The van der Waals surface area contributed by atoms with Crippen LogP contribution < -0.4 is 16.2 Å². The van der Waals surface area contributed by atoms with Crippen molar-refractivity contribution < 1.29 is 19.1 Å². The second-order valence-electron chi connectivity index (χ2n) is 5.22. The Kier molecular flexibility index (Phi) is 3.10. The van der Waals surface area contributed by atoms with E-state index in [1.165, 1.54) is 6.07 Å². The van der Waals surface area contributed by atoms with Crippen LogP contribution in [-0.4, -0.2) is 31.1 Å². The third kappa shape index (κ3) is 2.12. The molecule has 20 heavy (non-hydrogen) atoms. The number of hydrogen-bond acceptors (Lipinski definition) is 4. The Bertz CT molecular complexity index is 579. The molecule has 6 nitrogen and oxygen atoms in total. The first-order valence-corrected chi connectivity index (χ1v) is 6.57. The number of rotatable bonds is 3. The maximum atomic E-state index is 11.5. The molecule has 2 amide bonds. The SMILES string of the molecule is NC(=O)c1cc2c(c(C(N)=O)c1)OC(C1CCOC1)C2. The molecule has 2 heterocycles. The summed E-state index contributed by atoms with van der Waals surface area (Å²) in [4.78, 5) is 22.9. The van der Waals surface area contributed by atoms with Crippen molar-refractivity contribution in [2.45, 2.75) is 18.9 Å². The zero-order chi connectivity index (χ0) is 14.3. The lowest BCUT2D eigenvalue weighted by molar-refractivity contribution is 0.0987. The first-order chi connectivity index (χ1) is 9.56. The highest BCUT2D eigenvalue weighted by Crippen LogP contribution is 2.37. The molecule has 3 rings (SSSR count). The summed E-state index contributed by atoms with van der Waals surface area (Å²) in [5, 5.41) is 0. The molecule has 4 N–H and O–H groups in total. The lowest BCUT2D eigenvalue weighted by atomic mass is 9.95. The maximum absolute atomic E-state index is 11.5. The van der Waals surface area contributed by atoms with Crippen molar-refractivity contribution in [3.63, 3.8) is 0 Å². The second kappa shape index (κ2) is 4.79. The molecule has 2 atom stereocenters. The molecule has 0 spiro atoms. The highest BCUT2D eigenvalue weighted by molar-refractivity contribution is 6.01. The predicted octanol–water partition coefficient (Wildman–Crippen LogP) is 0.224. The Hall–Kier alpha value is -2.08. The number of carbonyl (C=O) groups excluding carboxylic acids is 2. The molecule has 1 saturated heterocycles. The smallest absolute Gasteiger partial charge is 0.252 e. The Morgan fingerprint density at radius 3 is 2.60 bits per heavy atom. The molecule has 2 aliphatic heterocycles. The summed E-state index contributed by atoms with van der Waals surface area (Å²) in [7, 11) is 0. The molecule has 0 aromatic heterocycles. The summed E-state index contributed by atoms with van der Waals surface area (Å²) in [5.74, 6) is -0.407. The fraction of sp³-hybridized carbons (Fsp3) is 0.429. The average Bonchev–Trinajstić information content (AvgIpc) is 3.05. The van der Waals surface area contributed by atoms with Crippen LogP contribution in [0.4, 0.5) is 0 Å². The monoisotopic (exact) mass is 276 g/mol. The molecular formula is C14H16N2O4. The number of hydrogen-bond donors (Lipinski definition) is 2. The van der Waals surface area contributed by atoms with Crippen molar-refractivity contribution in [2.75, 3.05) is 13.2 Å². The highest BCUT2D eigenvalue weighted by atomic mass is 16.5. The third-order valence-corrected chi connectivity index (χ3v) is 3.90. The fourth-order valence-electron chi connectivity index (χ4n) is 2.82. The van der Waals surface area contributed by atoms with Crippen LogP contribution in [0.15, 0.2) is 12.1 Å². The molecular weight excluding hydrogens is 260 g/mol. The van der Waals surface area contributed by atoms with Gasteiger partial charge in [0.1, 0.15) is 11.9 Å². The van der Waals surface area contributed by atoms with Gasteiger partial charge in [-0.3, -0.25) is 9.59 Å². The first-order valence-electron chi connectivity index (χ1n) is 6.57. The fourth-order valence-corrected chi connectivity index (χ4v) is 2.82. The van der Waals surface area contributed by atoms with Crippen molar-refractivity contribution in [3.8, 4) is 5.75 Å². The highest BCUT2D eigenvalue weighted by Gasteiger charge is 2.35.